The minimum atomic E-state index is 0.171. The number of piperidine rings is 1. The Kier molecular flexibility index (Phi) is 4.52. The van der Waals surface area contributed by atoms with E-state index in [-0.39, 0.29) is 6.04 Å². The van der Waals surface area contributed by atoms with E-state index < -0.39 is 0 Å². The van der Waals surface area contributed by atoms with Crippen LogP contribution in [0, 0.1) is 5.41 Å². The van der Waals surface area contributed by atoms with Crippen molar-refractivity contribution in [1.29, 1.82) is 0 Å². The first kappa shape index (κ1) is 14.5. The Morgan fingerprint density at radius 3 is 2.67 bits per heavy atom. The molecule has 0 saturated carbocycles. The summed E-state index contributed by atoms with van der Waals surface area (Å²) in [6.07, 6.45) is 2.60. The van der Waals surface area contributed by atoms with Crippen LogP contribution < -0.4 is 5.73 Å². The van der Waals surface area contributed by atoms with E-state index in [9.17, 15) is 0 Å². The van der Waals surface area contributed by atoms with Crippen LogP contribution in [0.25, 0.3) is 0 Å². The zero-order valence-corrected chi connectivity index (χ0v) is 13.9. The van der Waals surface area contributed by atoms with Gasteiger partial charge in [0.05, 0.1) is 9.83 Å². The molecule has 1 saturated heterocycles. The summed E-state index contributed by atoms with van der Waals surface area (Å²) < 4.78 is 1.19. The SMILES string of the molecule is CC(N)C(c1ccc(Br)s1)N1CCCC(C)(C)C1. The largest absolute Gasteiger partial charge is 0.326 e. The fourth-order valence-corrected chi connectivity index (χ4v) is 4.64. The highest BCUT2D eigenvalue weighted by molar-refractivity contribution is 9.11. The van der Waals surface area contributed by atoms with E-state index >= 15 is 0 Å². The number of hydrogen-bond donors (Lipinski definition) is 1. The van der Waals surface area contributed by atoms with Crippen molar-refractivity contribution in [3.05, 3.63) is 20.8 Å². The van der Waals surface area contributed by atoms with E-state index in [2.05, 4.69) is 53.7 Å². The van der Waals surface area contributed by atoms with E-state index in [1.807, 2.05) is 11.3 Å². The molecular weight excluding hydrogens is 308 g/mol. The van der Waals surface area contributed by atoms with E-state index in [0.29, 0.717) is 11.5 Å². The van der Waals surface area contributed by atoms with Gasteiger partial charge in [-0.3, -0.25) is 4.90 Å². The van der Waals surface area contributed by atoms with Gasteiger partial charge in [0.2, 0.25) is 0 Å². The Morgan fingerprint density at radius 2 is 2.17 bits per heavy atom. The molecular formula is C14H23BrN2S. The number of nitrogens with zero attached hydrogens (tertiary/aromatic N) is 1. The summed E-state index contributed by atoms with van der Waals surface area (Å²) in [6, 6.07) is 4.87. The van der Waals surface area contributed by atoms with Gasteiger partial charge >= 0.3 is 0 Å². The van der Waals surface area contributed by atoms with Gasteiger partial charge < -0.3 is 5.73 Å². The van der Waals surface area contributed by atoms with E-state index in [4.69, 9.17) is 5.73 Å². The predicted octanol–water partition coefficient (Wildman–Crippen LogP) is 4.02. The van der Waals surface area contributed by atoms with Gasteiger partial charge in [-0.05, 0) is 59.8 Å². The van der Waals surface area contributed by atoms with Crippen LogP contribution >= 0.6 is 27.3 Å². The summed E-state index contributed by atoms with van der Waals surface area (Å²) in [5, 5.41) is 0. The highest BCUT2D eigenvalue weighted by atomic mass is 79.9. The number of rotatable bonds is 3. The monoisotopic (exact) mass is 330 g/mol. The van der Waals surface area contributed by atoms with Crippen molar-refractivity contribution < 1.29 is 0 Å². The molecule has 2 N–H and O–H groups in total. The molecule has 1 aliphatic rings. The van der Waals surface area contributed by atoms with Crippen LogP contribution in [-0.2, 0) is 0 Å². The van der Waals surface area contributed by atoms with E-state index in [1.165, 1.54) is 28.0 Å². The maximum absolute atomic E-state index is 6.25. The maximum atomic E-state index is 6.25. The van der Waals surface area contributed by atoms with Crippen LogP contribution in [-0.4, -0.2) is 24.0 Å². The zero-order chi connectivity index (χ0) is 13.3. The average Bonchev–Trinajstić information content (AvgIpc) is 2.63. The van der Waals surface area contributed by atoms with Gasteiger partial charge in [-0.25, -0.2) is 0 Å². The Bertz CT molecular complexity index is 400. The molecule has 0 bridgehead atoms. The molecule has 2 unspecified atom stereocenters. The number of halogens is 1. The second-order valence-corrected chi connectivity index (χ2v) is 8.68. The molecule has 102 valence electrons. The first-order valence-corrected chi connectivity index (χ1v) is 8.25. The molecule has 2 atom stereocenters. The first-order valence-electron chi connectivity index (χ1n) is 6.64. The second kappa shape index (κ2) is 5.61. The molecule has 0 aliphatic carbocycles. The van der Waals surface area contributed by atoms with Gasteiger partial charge in [-0.2, -0.15) is 0 Å². The van der Waals surface area contributed by atoms with Gasteiger partial charge in [-0.1, -0.05) is 13.8 Å². The number of nitrogens with two attached hydrogens (primary N) is 1. The summed E-state index contributed by atoms with van der Waals surface area (Å²) in [5.41, 5.74) is 6.66. The fraction of sp³-hybridized carbons (Fsp3) is 0.714. The Hall–Kier alpha value is 0.1000. The minimum absolute atomic E-state index is 0.171. The van der Waals surface area contributed by atoms with E-state index in [0.717, 1.165) is 6.54 Å². The summed E-state index contributed by atoms with van der Waals surface area (Å²) in [6.45, 7) is 9.17. The smallest absolute Gasteiger partial charge is 0.0702 e. The molecule has 2 nitrogen and oxygen atoms in total. The standard InChI is InChI=1S/C14H23BrN2S/c1-10(16)13(11-5-6-12(15)18-11)17-8-4-7-14(2,3)9-17/h5-6,10,13H,4,7-9,16H2,1-3H3. The van der Waals surface area contributed by atoms with Crippen molar-refractivity contribution in [2.24, 2.45) is 11.1 Å². The molecule has 18 heavy (non-hydrogen) atoms. The third kappa shape index (κ3) is 3.35. The molecule has 4 heteroatoms. The molecule has 1 aliphatic heterocycles. The molecule has 1 fully saturated rings. The van der Waals surface area contributed by atoms with E-state index in [1.54, 1.807) is 0 Å². The molecule has 0 radical (unpaired) electrons. The van der Waals surface area contributed by atoms with Crippen LogP contribution in [0.3, 0.4) is 0 Å². The van der Waals surface area contributed by atoms with Crippen LogP contribution in [0.4, 0.5) is 0 Å². The Balaban J connectivity index is 2.20. The Labute approximate surface area is 123 Å². The zero-order valence-electron chi connectivity index (χ0n) is 11.4. The minimum Gasteiger partial charge on any atom is -0.326 e. The fourth-order valence-electron chi connectivity index (χ4n) is 2.96. The second-order valence-electron chi connectivity index (χ2n) is 6.18. The van der Waals surface area contributed by atoms with Crippen molar-refractivity contribution in [3.63, 3.8) is 0 Å². The molecule has 0 spiro atoms. The lowest BCUT2D eigenvalue weighted by molar-refractivity contribution is 0.0703. The Morgan fingerprint density at radius 1 is 1.44 bits per heavy atom. The lowest BCUT2D eigenvalue weighted by Gasteiger charge is -2.43. The highest BCUT2D eigenvalue weighted by Gasteiger charge is 2.33. The van der Waals surface area contributed by atoms with Gasteiger partial charge in [0.1, 0.15) is 0 Å². The topological polar surface area (TPSA) is 29.3 Å². The predicted molar refractivity (Wildman–Crippen MR) is 83.0 cm³/mol. The highest BCUT2D eigenvalue weighted by Crippen LogP contribution is 2.37. The van der Waals surface area contributed by atoms with Gasteiger partial charge in [0.15, 0.2) is 0 Å². The maximum Gasteiger partial charge on any atom is 0.0702 e. The molecule has 1 aromatic heterocycles. The number of hydrogen-bond acceptors (Lipinski definition) is 3. The molecule has 0 amide bonds. The molecule has 1 aromatic rings. The van der Waals surface area contributed by atoms with Crippen LogP contribution in [0.2, 0.25) is 0 Å². The summed E-state index contributed by atoms with van der Waals surface area (Å²) in [5.74, 6) is 0. The number of likely N-dealkylation sites (tertiary alicyclic amines) is 1. The third-order valence-corrected chi connectivity index (χ3v) is 5.40. The van der Waals surface area contributed by atoms with Crippen LogP contribution in [0.1, 0.15) is 44.5 Å². The van der Waals surface area contributed by atoms with Gasteiger partial charge in [0, 0.05) is 17.5 Å². The van der Waals surface area contributed by atoms with Crippen molar-refractivity contribution in [2.75, 3.05) is 13.1 Å². The molecule has 0 aromatic carbocycles. The normalized spacial score (nSPS) is 23.8. The molecule has 2 rings (SSSR count). The van der Waals surface area contributed by atoms with Crippen molar-refractivity contribution in [1.82, 2.24) is 4.90 Å². The van der Waals surface area contributed by atoms with Crippen LogP contribution in [0.5, 0.6) is 0 Å². The summed E-state index contributed by atoms with van der Waals surface area (Å²) in [7, 11) is 0. The quantitative estimate of drug-likeness (QED) is 0.906. The van der Waals surface area contributed by atoms with Crippen molar-refractivity contribution in [3.8, 4) is 0 Å². The van der Waals surface area contributed by atoms with Gasteiger partial charge in [-0.15, -0.1) is 11.3 Å². The average molecular weight is 331 g/mol. The molecule has 2 heterocycles. The first-order chi connectivity index (χ1) is 8.39. The van der Waals surface area contributed by atoms with Crippen molar-refractivity contribution in [2.45, 2.75) is 45.7 Å². The lowest BCUT2D eigenvalue weighted by atomic mass is 9.83. The van der Waals surface area contributed by atoms with Crippen molar-refractivity contribution >= 4 is 27.3 Å². The summed E-state index contributed by atoms with van der Waals surface area (Å²) >= 11 is 5.37. The summed E-state index contributed by atoms with van der Waals surface area (Å²) in [4.78, 5) is 3.96. The van der Waals surface area contributed by atoms with Gasteiger partial charge in [0.25, 0.3) is 0 Å². The third-order valence-electron chi connectivity index (χ3n) is 3.71. The number of thiophene rings is 1. The van der Waals surface area contributed by atoms with Crippen LogP contribution in [0.15, 0.2) is 15.9 Å². The lowest BCUT2D eigenvalue weighted by Crippen LogP contribution is -2.46.